The van der Waals surface area contributed by atoms with E-state index in [2.05, 4.69) is 44.5 Å². The number of likely N-dealkylation sites (tertiary alicyclic amines) is 1. The molecule has 0 aliphatic carbocycles. The van der Waals surface area contributed by atoms with Crippen molar-refractivity contribution in [2.45, 2.75) is 71.0 Å². The van der Waals surface area contributed by atoms with Crippen molar-refractivity contribution < 1.29 is 0 Å². The Morgan fingerprint density at radius 2 is 2.09 bits per heavy atom. The molecule has 0 bridgehead atoms. The standard InChI is InChI=1S/C18H30ClN3/c1-17(2,3)22-12-13(10-18(22,4)5)6-8-15(20)16-9-7-14(19)11-21-16/h7,9,11,13,15H,6,8,10,12,20H2,1-5H3. The molecule has 2 unspecified atom stereocenters. The van der Waals surface area contributed by atoms with E-state index >= 15 is 0 Å². The molecule has 0 saturated carbocycles. The molecule has 0 aromatic carbocycles. The van der Waals surface area contributed by atoms with Gasteiger partial charge >= 0.3 is 0 Å². The average Bonchev–Trinajstić information content (AvgIpc) is 2.72. The SMILES string of the molecule is CC(C)(C)N1CC(CCC(N)c2ccc(Cl)cn2)CC1(C)C. The van der Waals surface area contributed by atoms with Crippen LogP contribution in [0.2, 0.25) is 5.02 Å². The first-order valence-electron chi connectivity index (χ1n) is 8.24. The summed E-state index contributed by atoms with van der Waals surface area (Å²) < 4.78 is 0. The lowest BCUT2D eigenvalue weighted by Crippen LogP contribution is -2.50. The van der Waals surface area contributed by atoms with Gasteiger partial charge in [0.2, 0.25) is 0 Å². The van der Waals surface area contributed by atoms with E-state index in [1.165, 1.54) is 6.42 Å². The lowest BCUT2D eigenvalue weighted by atomic mass is 9.91. The highest BCUT2D eigenvalue weighted by molar-refractivity contribution is 6.30. The van der Waals surface area contributed by atoms with E-state index in [9.17, 15) is 0 Å². The second-order valence-electron chi connectivity index (χ2n) is 8.25. The third-order valence-corrected chi connectivity index (χ3v) is 5.01. The zero-order valence-corrected chi connectivity index (χ0v) is 15.3. The van der Waals surface area contributed by atoms with E-state index in [0.717, 1.165) is 25.1 Å². The minimum Gasteiger partial charge on any atom is -0.323 e. The van der Waals surface area contributed by atoms with Crippen LogP contribution < -0.4 is 5.73 Å². The molecule has 124 valence electrons. The Hall–Kier alpha value is -0.640. The van der Waals surface area contributed by atoms with Gasteiger partial charge in [0.1, 0.15) is 0 Å². The zero-order chi connectivity index (χ0) is 16.5. The second kappa shape index (κ2) is 6.46. The average molecular weight is 324 g/mol. The van der Waals surface area contributed by atoms with Crippen molar-refractivity contribution in [1.82, 2.24) is 9.88 Å². The summed E-state index contributed by atoms with van der Waals surface area (Å²) in [6.45, 7) is 12.8. The van der Waals surface area contributed by atoms with E-state index in [0.29, 0.717) is 10.9 Å². The smallest absolute Gasteiger partial charge is 0.0589 e. The predicted octanol–water partition coefficient (Wildman–Crippen LogP) is 4.41. The zero-order valence-electron chi connectivity index (χ0n) is 14.6. The van der Waals surface area contributed by atoms with Crippen LogP contribution in [0.3, 0.4) is 0 Å². The maximum absolute atomic E-state index is 6.29. The molecular formula is C18H30ClN3. The lowest BCUT2D eigenvalue weighted by molar-refractivity contribution is 0.0669. The highest BCUT2D eigenvalue weighted by Crippen LogP contribution is 2.40. The van der Waals surface area contributed by atoms with Crippen molar-refractivity contribution in [2.24, 2.45) is 11.7 Å². The highest BCUT2D eigenvalue weighted by Gasteiger charge is 2.43. The fourth-order valence-corrected chi connectivity index (χ4v) is 4.04. The Kier molecular flexibility index (Phi) is 5.20. The lowest BCUT2D eigenvalue weighted by Gasteiger charge is -2.42. The van der Waals surface area contributed by atoms with Crippen molar-refractivity contribution >= 4 is 11.6 Å². The van der Waals surface area contributed by atoms with Gasteiger partial charge in [-0.05, 0) is 71.9 Å². The molecule has 0 amide bonds. The third kappa shape index (κ3) is 4.21. The summed E-state index contributed by atoms with van der Waals surface area (Å²) in [4.78, 5) is 6.97. The summed E-state index contributed by atoms with van der Waals surface area (Å²) >= 11 is 5.88. The molecule has 2 rings (SSSR count). The summed E-state index contributed by atoms with van der Waals surface area (Å²) in [5, 5.41) is 0.661. The van der Waals surface area contributed by atoms with Crippen LogP contribution in [0.25, 0.3) is 0 Å². The Morgan fingerprint density at radius 3 is 2.59 bits per heavy atom. The second-order valence-corrected chi connectivity index (χ2v) is 8.69. The number of nitrogens with zero attached hydrogens (tertiary/aromatic N) is 2. The van der Waals surface area contributed by atoms with Crippen LogP contribution in [-0.4, -0.2) is 27.5 Å². The minimum absolute atomic E-state index is 0.00376. The number of pyridine rings is 1. The van der Waals surface area contributed by atoms with Gasteiger partial charge in [-0.15, -0.1) is 0 Å². The number of aromatic nitrogens is 1. The van der Waals surface area contributed by atoms with Crippen LogP contribution in [-0.2, 0) is 0 Å². The molecule has 3 nitrogen and oxygen atoms in total. The largest absolute Gasteiger partial charge is 0.323 e. The molecule has 1 aromatic rings. The van der Waals surface area contributed by atoms with Gasteiger partial charge in [0, 0.05) is 29.9 Å². The van der Waals surface area contributed by atoms with E-state index < -0.39 is 0 Å². The minimum atomic E-state index is 0.00376. The fraction of sp³-hybridized carbons (Fsp3) is 0.722. The number of halogens is 1. The summed E-state index contributed by atoms with van der Waals surface area (Å²) in [5.74, 6) is 0.715. The summed E-state index contributed by atoms with van der Waals surface area (Å²) in [6, 6.07) is 3.81. The number of hydrogen-bond donors (Lipinski definition) is 1. The first-order chi connectivity index (χ1) is 10.1. The molecule has 1 saturated heterocycles. The van der Waals surface area contributed by atoms with E-state index in [1.807, 2.05) is 12.1 Å². The predicted molar refractivity (Wildman–Crippen MR) is 94.1 cm³/mol. The van der Waals surface area contributed by atoms with Crippen LogP contribution in [0.15, 0.2) is 18.3 Å². The van der Waals surface area contributed by atoms with Crippen molar-refractivity contribution in [2.75, 3.05) is 6.54 Å². The maximum Gasteiger partial charge on any atom is 0.0589 e. The quantitative estimate of drug-likeness (QED) is 0.892. The van der Waals surface area contributed by atoms with E-state index in [4.69, 9.17) is 17.3 Å². The molecule has 2 atom stereocenters. The molecule has 2 N–H and O–H groups in total. The van der Waals surface area contributed by atoms with Crippen molar-refractivity contribution in [3.8, 4) is 0 Å². The topological polar surface area (TPSA) is 42.1 Å². The van der Waals surface area contributed by atoms with Gasteiger partial charge in [-0.3, -0.25) is 9.88 Å². The normalized spacial score (nSPS) is 23.7. The van der Waals surface area contributed by atoms with Gasteiger partial charge in [-0.25, -0.2) is 0 Å². The van der Waals surface area contributed by atoms with Gasteiger partial charge in [-0.2, -0.15) is 0 Å². The molecule has 2 heterocycles. The molecule has 0 radical (unpaired) electrons. The highest BCUT2D eigenvalue weighted by atomic mass is 35.5. The summed E-state index contributed by atoms with van der Waals surface area (Å²) in [6.07, 6.45) is 5.05. The monoisotopic (exact) mass is 323 g/mol. The first kappa shape index (κ1) is 17.7. The molecule has 1 aromatic heterocycles. The molecule has 1 aliphatic heterocycles. The van der Waals surface area contributed by atoms with Crippen molar-refractivity contribution in [3.05, 3.63) is 29.0 Å². The molecule has 0 spiro atoms. The van der Waals surface area contributed by atoms with Gasteiger partial charge in [0.25, 0.3) is 0 Å². The van der Waals surface area contributed by atoms with Gasteiger partial charge in [0.15, 0.2) is 0 Å². The van der Waals surface area contributed by atoms with E-state index in [1.54, 1.807) is 6.20 Å². The Labute approximate surface area is 140 Å². The van der Waals surface area contributed by atoms with Crippen LogP contribution in [0.4, 0.5) is 0 Å². The summed E-state index contributed by atoms with van der Waals surface area (Å²) in [7, 11) is 0. The van der Waals surface area contributed by atoms with Crippen molar-refractivity contribution in [3.63, 3.8) is 0 Å². The summed E-state index contributed by atoms with van der Waals surface area (Å²) in [5.41, 5.74) is 7.72. The van der Waals surface area contributed by atoms with Gasteiger partial charge in [0.05, 0.1) is 10.7 Å². The van der Waals surface area contributed by atoms with Gasteiger partial charge < -0.3 is 5.73 Å². The Bertz CT molecular complexity index is 490. The van der Waals surface area contributed by atoms with Crippen LogP contribution in [0, 0.1) is 5.92 Å². The number of nitrogens with two attached hydrogens (primary N) is 1. The Balaban J connectivity index is 1.91. The van der Waals surface area contributed by atoms with Crippen LogP contribution in [0.1, 0.15) is 65.6 Å². The third-order valence-electron chi connectivity index (χ3n) is 4.79. The number of hydrogen-bond acceptors (Lipinski definition) is 3. The molecule has 4 heteroatoms. The molecule has 1 aliphatic rings. The molecular weight excluding hydrogens is 294 g/mol. The first-order valence-corrected chi connectivity index (χ1v) is 8.62. The Morgan fingerprint density at radius 1 is 1.41 bits per heavy atom. The molecule has 22 heavy (non-hydrogen) atoms. The molecule has 1 fully saturated rings. The number of rotatable bonds is 4. The van der Waals surface area contributed by atoms with Gasteiger partial charge in [-0.1, -0.05) is 11.6 Å². The maximum atomic E-state index is 6.29. The van der Waals surface area contributed by atoms with Crippen LogP contribution in [0.5, 0.6) is 0 Å². The van der Waals surface area contributed by atoms with Crippen LogP contribution >= 0.6 is 11.6 Å². The van der Waals surface area contributed by atoms with Crippen molar-refractivity contribution in [1.29, 1.82) is 0 Å². The fourth-order valence-electron chi connectivity index (χ4n) is 3.93. The van der Waals surface area contributed by atoms with E-state index in [-0.39, 0.29) is 17.1 Å².